The summed E-state index contributed by atoms with van der Waals surface area (Å²) in [5, 5.41) is 2.94. The Hall–Kier alpha value is -2.82. The molecule has 1 aliphatic heterocycles. The largest absolute Gasteiger partial charge is 0.483 e. The number of aldehydes is 1. The molecule has 0 aromatic heterocycles. The Labute approximate surface area is 154 Å². The molecular weight excluding hydrogens is 328 g/mol. The van der Waals surface area contributed by atoms with Crippen molar-refractivity contribution in [3.8, 4) is 5.75 Å². The fraction of sp³-hybridized carbons (Fsp3) is 0.333. The number of carbonyl (C=O) groups is 2. The number of rotatable bonds is 6. The molecule has 1 saturated heterocycles. The van der Waals surface area contributed by atoms with Gasteiger partial charge in [0.2, 0.25) is 0 Å². The zero-order valence-corrected chi connectivity index (χ0v) is 14.8. The average molecular weight is 352 g/mol. The number of nitrogens with zero attached hydrogens (tertiary/aromatic N) is 1. The van der Waals surface area contributed by atoms with Gasteiger partial charge in [0, 0.05) is 13.1 Å². The Kier molecular flexibility index (Phi) is 6.25. The predicted octanol–water partition coefficient (Wildman–Crippen LogP) is 3.90. The van der Waals surface area contributed by atoms with E-state index in [4.69, 9.17) is 4.74 Å². The van der Waals surface area contributed by atoms with Crippen LogP contribution < -0.4 is 15.0 Å². The summed E-state index contributed by atoms with van der Waals surface area (Å²) in [7, 11) is 0. The van der Waals surface area contributed by atoms with E-state index in [0.29, 0.717) is 11.3 Å². The molecule has 0 radical (unpaired) electrons. The van der Waals surface area contributed by atoms with Crippen LogP contribution in [0.1, 0.15) is 36.0 Å². The van der Waals surface area contributed by atoms with Gasteiger partial charge in [-0.2, -0.15) is 0 Å². The van der Waals surface area contributed by atoms with Crippen LogP contribution in [0.5, 0.6) is 5.75 Å². The second-order valence-electron chi connectivity index (χ2n) is 6.41. The number of para-hydroxylation sites is 3. The lowest BCUT2D eigenvalue weighted by atomic mass is 10.2. The summed E-state index contributed by atoms with van der Waals surface area (Å²) in [5.74, 6) is 0.173. The smallest absolute Gasteiger partial charge is 0.262 e. The molecule has 0 spiro atoms. The van der Waals surface area contributed by atoms with Gasteiger partial charge in [-0.15, -0.1) is 0 Å². The van der Waals surface area contributed by atoms with Crippen molar-refractivity contribution in [1.29, 1.82) is 0 Å². The lowest BCUT2D eigenvalue weighted by molar-refractivity contribution is -0.118. The van der Waals surface area contributed by atoms with E-state index < -0.39 is 0 Å². The Morgan fingerprint density at radius 1 is 1.00 bits per heavy atom. The quantitative estimate of drug-likeness (QED) is 0.801. The first-order chi connectivity index (χ1) is 12.8. The van der Waals surface area contributed by atoms with Crippen LogP contribution in [0.2, 0.25) is 0 Å². The summed E-state index contributed by atoms with van der Waals surface area (Å²) in [6, 6.07) is 14.7. The maximum Gasteiger partial charge on any atom is 0.262 e. The second-order valence-corrected chi connectivity index (χ2v) is 6.41. The summed E-state index contributed by atoms with van der Waals surface area (Å²) in [5.41, 5.74) is 2.29. The second kappa shape index (κ2) is 9.04. The van der Waals surface area contributed by atoms with Gasteiger partial charge in [0.15, 0.2) is 12.9 Å². The highest BCUT2D eigenvalue weighted by molar-refractivity contribution is 5.95. The topological polar surface area (TPSA) is 58.6 Å². The van der Waals surface area contributed by atoms with Crippen molar-refractivity contribution in [2.45, 2.75) is 25.7 Å². The summed E-state index contributed by atoms with van der Waals surface area (Å²) in [4.78, 5) is 25.7. The van der Waals surface area contributed by atoms with Crippen LogP contribution in [0, 0.1) is 0 Å². The molecule has 26 heavy (non-hydrogen) atoms. The van der Waals surface area contributed by atoms with Gasteiger partial charge in [-0.05, 0) is 37.1 Å². The van der Waals surface area contributed by atoms with Crippen LogP contribution in [0.3, 0.4) is 0 Å². The third kappa shape index (κ3) is 4.63. The molecule has 1 heterocycles. The lowest BCUT2D eigenvalue weighted by Crippen LogP contribution is -2.27. The van der Waals surface area contributed by atoms with Crippen molar-refractivity contribution in [3.05, 3.63) is 54.1 Å². The van der Waals surface area contributed by atoms with E-state index in [1.54, 1.807) is 24.3 Å². The maximum absolute atomic E-state index is 12.3. The molecule has 5 heteroatoms. The number of anilines is 2. The molecule has 0 bridgehead atoms. The van der Waals surface area contributed by atoms with E-state index in [1.165, 1.54) is 25.7 Å². The van der Waals surface area contributed by atoms with Crippen molar-refractivity contribution in [3.63, 3.8) is 0 Å². The molecule has 0 aliphatic carbocycles. The minimum atomic E-state index is -0.243. The first-order valence-corrected chi connectivity index (χ1v) is 9.09. The van der Waals surface area contributed by atoms with Gasteiger partial charge in [-0.3, -0.25) is 9.59 Å². The van der Waals surface area contributed by atoms with Gasteiger partial charge >= 0.3 is 0 Å². The molecule has 2 aromatic carbocycles. The maximum atomic E-state index is 12.3. The number of hydrogen-bond acceptors (Lipinski definition) is 4. The van der Waals surface area contributed by atoms with Crippen molar-refractivity contribution in [1.82, 2.24) is 0 Å². The summed E-state index contributed by atoms with van der Waals surface area (Å²) >= 11 is 0. The standard InChI is InChI=1S/C21H24N2O3/c24-15-17-9-3-6-12-20(17)26-16-21(25)22-18-10-4-5-11-19(18)23-13-7-1-2-8-14-23/h3-6,9-12,15H,1-2,7-8,13-14,16H2,(H,22,25). The Morgan fingerprint density at radius 3 is 2.46 bits per heavy atom. The highest BCUT2D eigenvalue weighted by atomic mass is 16.5. The van der Waals surface area contributed by atoms with E-state index >= 15 is 0 Å². The molecule has 1 N–H and O–H groups in total. The van der Waals surface area contributed by atoms with Crippen LogP contribution in [0.25, 0.3) is 0 Å². The van der Waals surface area contributed by atoms with E-state index in [9.17, 15) is 9.59 Å². The molecular formula is C21H24N2O3. The van der Waals surface area contributed by atoms with Gasteiger partial charge in [0.25, 0.3) is 5.91 Å². The molecule has 136 valence electrons. The zero-order valence-electron chi connectivity index (χ0n) is 14.8. The van der Waals surface area contributed by atoms with Crippen LogP contribution in [-0.4, -0.2) is 31.9 Å². The molecule has 0 atom stereocenters. The third-order valence-corrected chi connectivity index (χ3v) is 4.53. The number of hydrogen-bond donors (Lipinski definition) is 1. The van der Waals surface area contributed by atoms with Crippen molar-refractivity contribution < 1.29 is 14.3 Å². The Morgan fingerprint density at radius 2 is 1.69 bits per heavy atom. The fourth-order valence-electron chi connectivity index (χ4n) is 3.21. The fourth-order valence-corrected chi connectivity index (χ4v) is 3.21. The molecule has 0 unspecified atom stereocenters. The van der Waals surface area contributed by atoms with Crippen LogP contribution in [-0.2, 0) is 4.79 Å². The SMILES string of the molecule is O=Cc1ccccc1OCC(=O)Nc1ccccc1N1CCCCCC1. The molecule has 2 aromatic rings. The highest BCUT2D eigenvalue weighted by Gasteiger charge is 2.15. The van der Waals surface area contributed by atoms with Gasteiger partial charge < -0.3 is 15.0 Å². The van der Waals surface area contributed by atoms with E-state index in [1.807, 2.05) is 24.3 Å². The van der Waals surface area contributed by atoms with Crippen molar-refractivity contribution in [2.24, 2.45) is 0 Å². The molecule has 1 aliphatic rings. The number of benzene rings is 2. The van der Waals surface area contributed by atoms with Gasteiger partial charge in [-0.25, -0.2) is 0 Å². The molecule has 1 fully saturated rings. The monoisotopic (exact) mass is 352 g/mol. The molecule has 5 nitrogen and oxygen atoms in total. The minimum absolute atomic E-state index is 0.140. The number of ether oxygens (including phenoxy) is 1. The number of carbonyl (C=O) groups excluding carboxylic acids is 2. The molecule has 0 saturated carbocycles. The Balaban J connectivity index is 1.65. The van der Waals surface area contributed by atoms with Gasteiger partial charge in [0.1, 0.15) is 5.75 Å². The van der Waals surface area contributed by atoms with Crippen molar-refractivity contribution in [2.75, 3.05) is 29.9 Å². The minimum Gasteiger partial charge on any atom is -0.483 e. The Bertz CT molecular complexity index is 752. The van der Waals surface area contributed by atoms with Crippen LogP contribution >= 0.6 is 0 Å². The van der Waals surface area contributed by atoms with Crippen LogP contribution in [0.4, 0.5) is 11.4 Å². The van der Waals surface area contributed by atoms with Gasteiger partial charge in [-0.1, -0.05) is 37.1 Å². The summed E-state index contributed by atoms with van der Waals surface area (Å²) in [6.45, 7) is 1.88. The number of nitrogens with one attached hydrogen (secondary N) is 1. The lowest BCUT2D eigenvalue weighted by Gasteiger charge is -2.25. The normalized spacial score (nSPS) is 14.4. The molecule has 1 amide bonds. The number of amides is 1. The summed E-state index contributed by atoms with van der Waals surface area (Å²) in [6.07, 6.45) is 5.59. The first-order valence-electron chi connectivity index (χ1n) is 9.09. The van der Waals surface area contributed by atoms with Gasteiger partial charge in [0.05, 0.1) is 16.9 Å². The summed E-state index contributed by atoms with van der Waals surface area (Å²) < 4.78 is 5.51. The van der Waals surface area contributed by atoms with Crippen LogP contribution in [0.15, 0.2) is 48.5 Å². The predicted molar refractivity (Wildman–Crippen MR) is 103 cm³/mol. The molecule has 3 rings (SSSR count). The third-order valence-electron chi connectivity index (χ3n) is 4.53. The van der Waals surface area contributed by atoms with Crippen molar-refractivity contribution >= 4 is 23.6 Å². The van der Waals surface area contributed by atoms with E-state index in [0.717, 1.165) is 30.8 Å². The highest BCUT2D eigenvalue weighted by Crippen LogP contribution is 2.28. The van der Waals surface area contributed by atoms with E-state index in [2.05, 4.69) is 10.2 Å². The zero-order chi connectivity index (χ0) is 18.2. The average Bonchev–Trinajstić information content (AvgIpc) is 2.96. The van der Waals surface area contributed by atoms with E-state index in [-0.39, 0.29) is 12.5 Å². The first kappa shape index (κ1) is 18.0.